The van der Waals surface area contributed by atoms with Crippen molar-refractivity contribution in [3.05, 3.63) is 12.2 Å². The molecule has 0 bridgehead atoms. The van der Waals surface area contributed by atoms with Crippen LogP contribution in [0.5, 0.6) is 0 Å². The van der Waals surface area contributed by atoms with Crippen LogP contribution in [0.1, 0.15) is 19.8 Å². The van der Waals surface area contributed by atoms with Gasteiger partial charge in [0.25, 0.3) is 0 Å². The van der Waals surface area contributed by atoms with E-state index in [1.807, 2.05) is 6.92 Å². The fourth-order valence-corrected chi connectivity index (χ4v) is 0.286. The summed E-state index contributed by atoms with van der Waals surface area (Å²) in [5, 5.41) is 0. The molecule has 0 aromatic rings. The number of hydrogen-bond acceptors (Lipinski definition) is 0. The number of terminal acetylenes is 1. The van der Waals surface area contributed by atoms with Crippen molar-refractivity contribution in [1.29, 1.82) is 0 Å². The summed E-state index contributed by atoms with van der Waals surface area (Å²) in [5.74, 6) is 2.54. The van der Waals surface area contributed by atoms with Gasteiger partial charge < -0.3 is 0 Å². The quantitative estimate of drug-likeness (QED) is 0.362. The third-order valence-corrected chi connectivity index (χ3v) is 0.696. The first kappa shape index (κ1) is 6.30. The Morgan fingerprint density at radius 3 is 2.57 bits per heavy atom. The van der Waals surface area contributed by atoms with Crippen LogP contribution in [0.3, 0.4) is 0 Å². The molecule has 0 spiro atoms. The highest BCUT2D eigenvalue weighted by atomic mass is 13.8. The Morgan fingerprint density at radius 2 is 2.43 bits per heavy atom. The fraction of sp³-hybridized carbons (Fsp3) is 0.429. The summed E-state index contributed by atoms with van der Waals surface area (Å²) in [6, 6.07) is 0. The molecule has 0 N–H and O–H groups in total. The summed E-state index contributed by atoms with van der Waals surface area (Å²) in [6.07, 6.45) is 6.78. The molecule has 0 aromatic heterocycles. The summed E-state index contributed by atoms with van der Waals surface area (Å²) >= 11 is 0. The van der Waals surface area contributed by atoms with E-state index in [0.29, 0.717) is 0 Å². The summed E-state index contributed by atoms with van der Waals surface area (Å²) < 4.78 is 0. The molecule has 0 unspecified atom stereocenters. The van der Waals surface area contributed by atoms with Gasteiger partial charge in [0, 0.05) is 6.42 Å². The molecule has 0 aliphatic heterocycles. The van der Waals surface area contributed by atoms with Crippen LogP contribution in [0, 0.1) is 12.3 Å². The third-order valence-electron chi connectivity index (χ3n) is 0.696. The molecule has 0 fully saturated rings. The van der Waals surface area contributed by atoms with Gasteiger partial charge >= 0.3 is 0 Å². The molecule has 0 radical (unpaired) electrons. The van der Waals surface area contributed by atoms with Crippen molar-refractivity contribution in [2.24, 2.45) is 0 Å². The van der Waals surface area contributed by atoms with Gasteiger partial charge in [-0.15, -0.1) is 18.9 Å². The number of rotatable bonds is 2. The van der Waals surface area contributed by atoms with Gasteiger partial charge in [-0.1, -0.05) is 5.57 Å². The van der Waals surface area contributed by atoms with E-state index in [1.54, 1.807) is 0 Å². The predicted molar refractivity (Wildman–Crippen MR) is 32.9 cm³/mol. The van der Waals surface area contributed by atoms with Crippen LogP contribution in [-0.2, 0) is 0 Å². The van der Waals surface area contributed by atoms with Gasteiger partial charge in [-0.3, -0.25) is 0 Å². The van der Waals surface area contributed by atoms with Gasteiger partial charge in [0.2, 0.25) is 0 Å². The second kappa shape index (κ2) is 3.49. The van der Waals surface area contributed by atoms with Crippen LogP contribution in [0.4, 0.5) is 0 Å². The molecule has 0 saturated heterocycles. The minimum atomic E-state index is 0.829. The zero-order valence-electron chi connectivity index (χ0n) is 4.70. The Bertz CT molecular complexity index is 93.1. The Kier molecular flexibility index (Phi) is 3.14. The van der Waals surface area contributed by atoms with Gasteiger partial charge in [-0.2, -0.15) is 0 Å². The van der Waals surface area contributed by atoms with Crippen molar-refractivity contribution in [3.63, 3.8) is 0 Å². The predicted octanol–water partition coefficient (Wildman–Crippen LogP) is 1.98. The van der Waals surface area contributed by atoms with Crippen molar-refractivity contribution in [2.45, 2.75) is 19.8 Å². The molecule has 0 heteroatoms. The first-order valence-electron chi connectivity index (χ1n) is 2.35. The highest BCUT2D eigenvalue weighted by Crippen LogP contribution is 1.96. The molecule has 0 rings (SSSR count). The Morgan fingerprint density at radius 1 is 1.86 bits per heavy atom. The molecule has 0 heterocycles. The molecule has 0 amide bonds. The van der Waals surface area contributed by atoms with Crippen LogP contribution in [0.15, 0.2) is 12.2 Å². The Hall–Kier alpha value is -0.700. The van der Waals surface area contributed by atoms with Crippen molar-refractivity contribution in [2.75, 3.05) is 0 Å². The largest absolute Gasteiger partial charge is 0.120 e. The molecule has 0 aromatic carbocycles. The average molecular weight is 94.2 g/mol. The highest BCUT2D eigenvalue weighted by molar-refractivity contribution is 4.94. The molecule has 0 nitrogen and oxygen atoms in total. The first-order chi connectivity index (χ1) is 3.27. The minimum absolute atomic E-state index is 0.829. The molecular weight excluding hydrogens is 84.1 g/mol. The molecule has 0 saturated carbocycles. The van der Waals surface area contributed by atoms with Crippen LogP contribution in [0.2, 0.25) is 0 Å². The zero-order valence-corrected chi connectivity index (χ0v) is 4.70. The number of allylic oxidation sites excluding steroid dienone is 1. The molecular formula is C7H10. The van der Waals surface area contributed by atoms with E-state index in [0.717, 1.165) is 18.4 Å². The van der Waals surface area contributed by atoms with Gasteiger partial charge in [-0.05, 0) is 13.3 Å². The second-order valence-electron chi connectivity index (χ2n) is 1.66. The van der Waals surface area contributed by atoms with E-state index in [1.165, 1.54) is 0 Å². The van der Waals surface area contributed by atoms with Crippen LogP contribution in [-0.4, -0.2) is 0 Å². The lowest BCUT2D eigenvalue weighted by atomic mass is 10.2. The van der Waals surface area contributed by atoms with E-state index < -0.39 is 0 Å². The second-order valence-corrected chi connectivity index (χ2v) is 1.66. The smallest absolute Gasteiger partial charge is 0.0123 e. The maximum absolute atomic E-state index is 4.99. The Balaban J connectivity index is 3.02. The SMILES string of the molecule is C#CCCC(=C)C. The van der Waals surface area contributed by atoms with E-state index in [9.17, 15) is 0 Å². The topological polar surface area (TPSA) is 0 Å². The average Bonchev–Trinajstić information content (AvgIpc) is 1.61. The molecule has 7 heavy (non-hydrogen) atoms. The Labute approximate surface area is 45.2 Å². The van der Waals surface area contributed by atoms with Gasteiger partial charge in [0.1, 0.15) is 0 Å². The van der Waals surface area contributed by atoms with E-state index in [4.69, 9.17) is 6.42 Å². The van der Waals surface area contributed by atoms with Crippen molar-refractivity contribution in [1.82, 2.24) is 0 Å². The van der Waals surface area contributed by atoms with E-state index in [2.05, 4.69) is 12.5 Å². The maximum Gasteiger partial charge on any atom is 0.0123 e. The summed E-state index contributed by atoms with van der Waals surface area (Å²) in [5.41, 5.74) is 1.16. The first-order valence-corrected chi connectivity index (χ1v) is 2.35. The summed E-state index contributed by atoms with van der Waals surface area (Å²) in [6.45, 7) is 5.68. The van der Waals surface area contributed by atoms with Crippen molar-refractivity contribution in [3.8, 4) is 12.3 Å². The van der Waals surface area contributed by atoms with E-state index >= 15 is 0 Å². The summed E-state index contributed by atoms with van der Waals surface area (Å²) in [4.78, 5) is 0. The lowest BCUT2D eigenvalue weighted by Crippen LogP contribution is -1.69. The van der Waals surface area contributed by atoms with E-state index in [-0.39, 0.29) is 0 Å². The van der Waals surface area contributed by atoms with Crippen LogP contribution in [0.25, 0.3) is 0 Å². The fourth-order valence-electron chi connectivity index (χ4n) is 0.286. The third kappa shape index (κ3) is 5.30. The molecule has 38 valence electrons. The van der Waals surface area contributed by atoms with Crippen molar-refractivity contribution < 1.29 is 0 Å². The normalized spacial score (nSPS) is 7.43. The number of hydrogen-bond donors (Lipinski definition) is 0. The standard InChI is InChI=1S/C7H10/c1-4-5-6-7(2)3/h1H,2,5-6H2,3H3. The lowest BCUT2D eigenvalue weighted by molar-refractivity contribution is 1.01. The highest BCUT2D eigenvalue weighted by Gasteiger charge is 1.78. The van der Waals surface area contributed by atoms with Crippen molar-refractivity contribution >= 4 is 0 Å². The maximum atomic E-state index is 4.99. The molecule has 0 atom stereocenters. The van der Waals surface area contributed by atoms with Gasteiger partial charge in [0.15, 0.2) is 0 Å². The molecule has 0 aliphatic rings. The summed E-state index contributed by atoms with van der Waals surface area (Å²) in [7, 11) is 0. The monoisotopic (exact) mass is 94.1 g/mol. The minimum Gasteiger partial charge on any atom is -0.120 e. The molecule has 0 aliphatic carbocycles. The van der Waals surface area contributed by atoms with Crippen LogP contribution < -0.4 is 0 Å². The van der Waals surface area contributed by atoms with Gasteiger partial charge in [-0.25, -0.2) is 0 Å². The van der Waals surface area contributed by atoms with Crippen LogP contribution >= 0.6 is 0 Å². The lowest BCUT2D eigenvalue weighted by Gasteiger charge is -1.87. The van der Waals surface area contributed by atoms with Gasteiger partial charge in [0.05, 0.1) is 0 Å². The zero-order chi connectivity index (χ0) is 5.70.